The maximum atomic E-state index is 6.77. The molecule has 1 heteroatoms. The van der Waals surface area contributed by atoms with Crippen LogP contribution in [0.15, 0.2) is 162 Å². The van der Waals surface area contributed by atoms with Crippen LogP contribution in [0.2, 0.25) is 0 Å². The summed E-state index contributed by atoms with van der Waals surface area (Å²) in [6.45, 7) is 4.45. The van der Waals surface area contributed by atoms with E-state index < -0.39 is 0 Å². The second kappa shape index (κ2) is 13.2. The number of allylic oxidation sites excluding steroid dienone is 2. The minimum Gasteiger partial charge on any atom is -0.456 e. The molecule has 0 spiro atoms. The largest absolute Gasteiger partial charge is 0.456 e. The molecule has 1 aliphatic carbocycles. The Balaban J connectivity index is 1.30. The van der Waals surface area contributed by atoms with E-state index >= 15 is 0 Å². The number of aryl methyl sites for hydroxylation is 1. The van der Waals surface area contributed by atoms with Crippen LogP contribution in [-0.2, 0) is 6.42 Å². The minimum absolute atomic E-state index is 0.493. The van der Waals surface area contributed by atoms with Gasteiger partial charge in [-0.25, -0.2) is 0 Å². The fraction of sp³-hybridized carbons (Fsp3) is 0.0741. The molecule has 260 valence electrons. The van der Waals surface area contributed by atoms with Crippen LogP contribution in [0.3, 0.4) is 0 Å². The average molecular weight is 703 g/mol. The van der Waals surface area contributed by atoms with Gasteiger partial charge in [0.2, 0.25) is 0 Å². The lowest BCUT2D eigenvalue weighted by Gasteiger charge is -2.23. The van der Waals surface area contributed by atoms with E-state index in [1.807, 2.05) is 6.08 Å². The first-order chi connectivity index (χ1) is 27.1. The summed E-state index contributed by atoms with van der Waals surface area (Å²) in [7, 11) is 0. The first kappa shape index (κ1) is 32.7. The molecular weight excluding hydrogens is 665 g/mol. The van der Waals surface area contributed by atoms with E-state index in [2.05, 4.69) is 178 Å². The Labute approximate surface area is 321 Å². The fourth-order valence-corrected chi connectivity index (χ4v) is 8.98. The van der Waals surface area contributed by atoms with Gasteiger partial charge < -0.3 is 4.42 Å². The topological polar surface area (TPSA) is 13.1 Å². The second-order valence-electron chi connectivity index (χ2n) is 14.8. The van der Waals surface area contributed by atoms with Crippen molar-refractivity contribution in [1.82, 2.24) is 0 Å². The van der Waals surface area contributed by atoms with Gasteiger partial charge in [0.1, 0.15) is 11.3 Å². The fourth-order valence-electron chi connectivity index (χ4n) is 8.98. The van der Waals surface area contributed by atoms with Gasteiger partial charge in [0.15, 0.2) is 0 Å². The standard InChI is InChI=1S/C54H38O/c1-4-5-26-51-35(3)48-32-38(33-50(54(48)55-51)42-30-29-39(36-16-7-6-8-17-36)40-19-9-10-20-41(40)42)52-43-21-11-13-23-45(43)53(46-24-14-12-22-44(46)52)47-25-15-18-37-28-27-34(2)31-49(37)47/h1,5-30,32-34H,31H2,2-3H3/b26-5-. The van der Waals surface area contributed by atoms with Crippen LogP contribution >= 0.6 is 0 Å². The van der Waals surface area contributed by atoms with Gasteiger partial charge in [-0.1, -0.05) is 158 Å². The number of rotatable bonds is 5. The second-order valence-corrected chi connectivity index (χ2v) is 14.8. The number of hydrogen-bond donors (Lipinski definition) is 0. The third kappa shape index (κ3) is 5.33. The number of terminal acetylenes is 1. The highest BCUT2D eigenvalue weighted by molar-refractivity contribution is 6.23. The van der Waals surface area contributed by atoms with Gasteiger partial charge in [-0.2, -0.15) is 0 Å². The van der Waals surface area contributed by atoms with E-state index in [-0.39, 0.29) is 0 Å². The Kier molecular flexibility index (Phi) is 7.86. The molecule has 8 aromatic carbocycles. The van der Waals surface area contributed by atoms with E-state index in [4.69, 9.17) is 10.8 Å². The van der Waals surface area contributed by atoms with E-state index in [0.717, 1.165) is 45.4 Å². The summed E-state index contributed by atoms with van der Waals surface area (Å²) in [6.07, 6.45) is 15.0. The lowest BCUT2D eigenvalue weighted by molar-refractivity contribution is 0.602. The normalized spacial score (nSPS) is 13.9. The zero-order valence-electron chi connectivity index (χ0n) is 30.9. The highest BCUT2D eigenvalue weighted by atomic mass is 16.3. The molecule has 1 aromatic heterocycles. The molecule has 0 saturated heterocycles. The third-order valence-corrected chi connectivity index (χ3v) is 11.5. The van der Waals surface area contributed by atoms with Crippen molar-refractivity contribution in [2.75, 3.05) is 0 Å². The zero-order chi connectivity index (χ0) is 37.0. The highest BCUT2D eigenvalue weighted by Crippen LogP contribution is 2.48. The van der Waals surface area contributed by atoms with Crippen molar-refractivity contribution in [2.45, 2.75) is 20.3 Å². The van der Waals surface area contributed by atoms with Crippen molar-refractivity contribution in [3.63, 3.8) is 0 Å². The van der Waals surface area contributed by atoms with E-state index in [1.165, 1.54) is 71.3 Å². The molecule has 1 heterocycles. The molecule has 0 amide bonds. The number of hydrogen-bond acceptors (Lipinski definition) is 1. The quantitative estimate of drug-likeness (QED) is 0.129. The van der Waals surface area contributed by atoms with E-state index in [0.29, 0.717) is 5.92 Å². The molecule has 10 rings (SSSR count). The molecule has 0 saturated carbocycles. The summed E-state index contributed by atoms with van der Waals surface area (Å²) in [5, 5.41) is 8.44. The predicted molar refractivity (Wildman–Crippen MR) is 235 cm³/mol. The van der Waals surface area contributed by atoms with Crippen molar-refractivity contribution in [3.05, 3.63) is 180 Å². The molecule has 55 heavy (non-hydrogen) atoms. The Morgan fingerprint density at radius 3 is 1.89 bits per heavy atom. The summed E-state index contributed by atoms with van der Waals surface area (Å²) in [6, 6.07) is 53.3. The van der Waals surface area contributed by atoms with Gasteiger partial charge in [-0.15, -0.1) is 6.42 Å². The molecule has 0 radical (unpaired) electrons. The van der Waals surface area contributed by atoms with Crippen LogP contribution in [0, 0.1) is 25.2 Å². The van der Waals surface area contributed by atoms with Crippen LogP contribution in [0.1, 0.15) is 29.4 Å². The van der Waals surface area contributed by atoms with E-state index in [1.54, 1.807) is 6.08 Å². The molecule has 1 atom stereocenters. The lowest BCUT2D eigenvalue weighted by Crippen LogP contribution is -2.05. The highest BCUT2D eigenvalue weighted by Gasteiger charge is 2.24. The van der Waals surface area contributed by atoms with Gasteiger partial charge in [0, 0.05) is 16.5 Å². The first-order valence-electron chi connectivity index (χ1n) is 19.1. The van der Waals surface area contributed by atoms with Crippen molar-refractivity contribution < 1.29 is 4.42 Å². The third-order valence-electron chi connectivity index (χ3n) is 11.5. The monoisotopic (exact) mass is 702 g/mol. The molecule has 1 aliphatic rings. The summed E-state index contributed by atoms with van der Waals surface area (Å²) in [5.74, 6) is 3.92. The molecule has 0 aliphatic heterocycles. The van der Waals surface area contributed by atoms with Gasteiger partial charge in [0.05, 0.1) is 0 Å². The Hall–Kier alpha value is -6.88. The molecule has 1 unspecified atom stereocenters. The maximum Gasteiger partial charge on any atom is 0.142 e. The zero-order valence-corrected chi connectivity index (χ0v) is 30.9. The summed E-state index contributed by atoms with van der Waals surface area (Å²) < 4.78 is 6.77. The number of fused-ring (bicyclic) bond motifs is 5. The van der Waals surface area contributed by atoms with Crippen LogP contribution in [0.25, 0.3) is 99.9 Å². The summed E-state index contributed by atoms with van der Waals surface area (Å²) >= 11 is 0. The Morgan fingerprint density at radius 1 is 0.582 bits per heavy atom. The van der Waals surface area contributed by atoms with Gasteiger partial charge >= 0.3 is 0 Å². The number of benzene rings is 8. The van der Waals surface area contributed by atoms with Crippen molar-refractivity contribution in [1.29, 1.82) is 0 Å². The Bertz CT molecular complexity index is 3030. The van der Waals surface area contributed by atoms with Crippen LogP contribution in [0.5, 0.6) is 0 Å². The van der Waals surface area contributed by atoms with Crippen molar-refractivity contribution >= 4 is 55.4 Å². The summed E-state index contributed by atoms with van der Waals surface area (Å²) in [4.78, 5) is 0. The molecule has 0 fully saturated rings. The van der Waals surface area contributed by atoms with Crippen LogP contribution in [-0.4, -0.2) is 0 Å². The smallest absolute Gasteiger partial charge is 0.142 e. The SMILES string of the molecule is C#C/C=C\c1oc2c(-c3ccc(-c4ccccc4)c4ccccc34)cc(-c3c4ccccc4c(-c4cccc5c4CC(C)C=C5)c4ccccc34)cc2c1C. The molecule has 0 bridgehead atoms. The molecule has 0 N–H and O–H groups in total. The van der Waals surface area contributed by atoms with Crippen molar-refractivity contribution in [2.24, 2.45) is 5.92 Å². The van der Waals surface area contributed by atoms with Gasteiger partial charge in [-0.3, -0.25) is 0 Å². The molecular formula is C54H38O. The van der Waals surface area contributed by atoms with Crippen LogP contribution in [0.4, 0.5) is 0 Å². The first-order valence-corrected chi connectivity index (χ1v) is 19.1. The summed E-state index contributed by atoms with van der Waals surface area (Å²) in [5.41, 5.74) is 14.3. The van der Waals surface area contributed by atoms with Gasteiger partial charge in [-0.05, 0) is 126 Å². The predicted octanol–water partition coefficient (Wildman–Crippen LogP) is 14.7. The number of furan rings is 1. The van der Waals surface area contributed by atoms with E-state index in [9.17, 15) is 0 Å². The lowest BCUT2D eigenvalue weighted by atomic mass is 9.80. The molecule has 1 nitrogen and oxygen atoms in total. The minimum atomic E-state index is 0.493. The average Bonchev–Trinajstić information content (AvgIpc) is 3.55. The Morgan fingerprint density at radius 2 is 1.20 bits per heavy atom. The van der Waals surface area contributed by atoms with Gasteiger partial charge in [0.25, 0.3) is 0 Å². The molecule has 9 aromatic rings. The maximum absolute atomic E-state index is 6.77. The van der Waals surface area contributed by atoms with Crippen molar-refractivity contribution in [3.8, 4) is 56.9 Å². The van der Waals surface area contributed by atoms with Crippen LogP contribution < -0.4 is 0 Å².